The van der Waals surface area contributed by atoms with E-state index in [0.717, 1.165) is 39.3 Å². The third-order valence-corrected chi connectivity index (χ3v) is 3.00. The van der Waals surface area contributed by atoms with Crippen molar-refractivity contribution in [1.82, 2.24) is 15.1 Å². The highest BCUT2D eigenvalue weighted by molar-refractivity contribution is 4.89. The molecular formula is C9H17F2N3. The lowest BCUT2D eigenvalue weighted by molar-refractivity contribution is -0.00921. The molecule has 0 aromatic carbocycles. The third kappa shape index (κ3) is 2.40. The number of nitrogens with zero attached hydrogens (tertiary/aromatic N) is 2. The summed E-state index contributed by atoms with van der Waals surface area (Å²) in [5.41, 5.74) is 0. The van der Waals surface area contributed by atoms with Crippen molar-refractivity contribution in [3.63, 3.8) is 0 Å². The van der Waals surface area contributed by atoms with Crippen molar-refractivity contribution in [2.75, 3.05) is 45.8 Å². The zero-order valence-corrected chi connectivity index (χ0v) is 8.25. The molecule has 0 radical (unpaired) electrons. The average molecular weight is 205 g/mol. The Bertz CT molecular complexity index is 177. The number of hydrogen-bond donors (Lipinski definition) is 1. The highest BCUT2D eigenvalue weighted by Gasteiger charge is 2.33. The summed E-state index contributed by atoms with van der Waals surface area (Å²) < 4.78 is 24.0. The minimum Gasteiger partial charge on any atom is -0.314 e. The summed E-state index contributed by atoms with van der Waals surface area (Å²) in [5.74, 6) is 0. The van der Waals surface area contributed by atoms with E-state index in [4.69, 9.17) is 0 Å². The van der Waals surface area contributed by atoms with E-state index in [2.05, 4.69) is 10.2 Å². The Hall–Kier alpha value is -0.260. The number of halogens is 2. The minimum absolute atomic E-state index is 0.0530. The van der Waals surface area contributed by atoms with Crippen molar-refractivity contribution in [1.29, 1.82) is 0 Å². The normalized spacial score (nSPS) is 26.8. The van der Waals surface area contributed by atoms with E-state index in [1.54, 1.807) is 0 Å². The van der Waals surface area contributed by atoms with Gasteiger partial charge in [0.2, 0.25) is 0 Å². The van der Waals surface area contributed by atoms with Crippen LogP contribution in [0.25, 0.3) is 0 Å². The Morgan fingerprint density at radius 2 is 1.86 bits per heavy atom. The second kappa shape index (κ2) is 4.51. The molecule has 0 aromatic rings. The number of alkyl halides is 2. The van der Waals surface area contributed by atoms with Crippen LogP contribution in [0.15, 0.2) is 0 Å². The molecule has 82 valence electrons. The molecule has 0 aromatic heterocycles. The largest absolute Gasteiger partial charge is 0.314 e. The predicted octanol–water partition coefficient (Wildman–Crippen LogP) is -0.159. The van der Waals surface area contributed by atoms with Crippen LogP contribution in [0.5, 0.6) is 0 Å². The molecule has 0 saturated carbocycles. The van der Waals surface area contributed by atoms with Gasteiger partial charge in [0.25, 0.3) is 6.43 Å². The van der Waals surface area contributed by atoms with Gasteiger partial charge in [0, 0.05) is 45.3 Å². The van der Waals surface area contributed by atoms with Gasteiger partial charge in [-0.2, -0.15) is 0 Å². The van der Waals surface area contributed by atoms with Crippen LogP contribution in [0, 0.1) is 0 Å². The summed E-state index contributed by atoms with van der Waals surface area (Å²) in [7, 11) is 0. The van der Waals surface area contributed by atoms with Crippen LogP contribution in [0.4, 0.5) is 8.78 Å². The van der Waals surface area contributed by atoms with Crippen molar-refractivity contribution in [3.8, 4) is 0 Å². The summed E-state index contributed by atoms with van der Waals surface area (Å²) in [5, 5.41) is 3.29. The van der Waals surface area contributed by atoms with Gasteiger partial charge in [0.15, 0.2) is 0 Å². The van der Waals surface area contributed by atoms with Crippen LogP contribution in [0.3, 0.4) is 0 Å². The molecule has 14 heavy (non-hydrogen) atoms. The Labute approximate surface area is 83.0 Å². The molecule has 2 aliphatic heterocycles. The van der Waals surface area contributed by atoms with Crippen molar-refractivity contribution in [2.45, 2.75) is 12.5 Å². The fraction of sp³-hybridized carbons (Fsp3) is 1.00. The summed E-state index contributed by atoms with van der Waals surface area (Å²) in [6.07, 6.45) is -2.18. The van der Waals surface area contributed by atoms with E-state index in [-0.39, 0.29) is 6.54 Å². The highest BCUT2D eigenvalue weighted by Crippen LogP contribution is 2.16. The van der Waals surface area contributed by atoms with Gasteiger partial charge in [-0.3, -0.25) is 9.80 Å². The number of nitrogens with one attached hydrogen (secondary N) is 1. The lowest BCUT2D eigenvalue weighted by atomic mass is 10.1. The van der Waals surface area contributed by atoms with Crippen LogP contribution >= 0.6 is 0 Å². The molecule has 0 unspecified atom stereocenters. The molecule has 2 saturated heterocycles. The van der Waals surface area contributed by atoms with Crippen LogP contribution in [0.2, 0.25) is 0 Å². The first-order valence-corrected chi connectivity index (χ1v) is 5.21. The second-order valence-electron chi connectivity index (χ2n) is 4.05. The number of likely N-dealkylation sites (tertiary alicyclic amines) is 1. The molecule has 0 aliphatic carbocycles. The zero-order valence-electron chi connectivity index (χ0n) is 8.25. The van der Waals surface area contributed by atoms with Gasteiger partial charge >= 0.3 is 0 Å². The van der Waals surface area contributed by atoms with Gasteiger partial charge < -0.3 is 5.32 Å². The molecule has 0 bridgehead atoms. The third-order valence-electron chi connectivity index (χ3n) is 3.00. The molecule has 1 N–H and O–H groups in total. The predicted molar refractivity (Wildman–Crippen MR) is 50.7 cm³/mol. The maximum absolute atomic E-state index is 12.0. The average Bonchev–Trinajstić information content (AvgIpc) is 2.12. The van der Waals surface area contributed by atoms with E-state index in [0.29, 0.717) is 6.04 Å². The van der Waals surface area contributed by atoms with Gasteiger partial charge in [0.05, 0.1) is 6.54 Å². The topological polar surface area (TPSA) is 18.5 Å². The monoisotopic (exact) mass is 205 g/mol. The number of rotatable bonds is 3. The van der Waals surface area contributed by atoms with Gasteiger partial charge in [-0.25, -0.2) is 8.78 Å². The van der Waals surface area contributed by atoms with Crippen molar-refractivity contribution >= 4 is 0 Å². The zero-order chi connectivity index (χ0) is 9.97. The van der Waals surface area contributed by atoms with Crippen molar-refractivity contribution in [2.24, 2.45) is 0 Å². The van der Waals surface area contributed by atoms with E-state index in [9.17, 15) is 8.78 Å². The molecular weight excluding hydrogens is 188 g/mol. The Morgan fingerprint density at radius 3 is 2.43 bits per heavy atom. The Kier molecular flexibility index (Phi) is 3.30. The van der Waals surface area contributed by atoms with Gasteiger partial charge in [-0.15, -0.1) is 0 Å². The van der Waals surface area contributed by atoms with Gasteiger partial charge in [0.1, 0.15) is 0 Å². The molecule has 0 amide bonds. The van der Waals surface area contributed by atoms with Crippen LogP contribution in [0.1, 0.15) is 0 Å². The fourth-order valence-electron chi connectivity index (χ4n) is 2.17. The number of piperazine rings is 1. The summed E-state index contributed by atoms with van der Waals surface area (Å²) >= 11 is 0. The van der Waals surface area contributed by atoms with Crippen molar-refractivity contribution < 1.29 is 8.78 Å². The lowest BCUT2D eigenvalue weighted by Crippen LogP contribution is -2.63. The summed E-state index contributed by atoms with van der Waals surface area (Å²) in [6, 6.07) is 0.524. The minimum atomic E-state index is -2.18. The smallest absolute Gasteiger partial charge is 0.251 e. The fourth-order valence-corrected chi connectivity index (χ4v) is 2.17. The first kappa shape index (κ1) is 10.3. The molecule has 3 nitrogen and oxygen atoms in total. The Balaban J connectivity index is 1.66. The van der Waals surface area contributed by atoms with E-state index in [1.807, 2.05) is 4.90 Å². The first-order chi connectivity index (χ1) is 6.75. The quantitative estimate of drug-likeness (QED) is 0.691. The van der Waals surface area contributed by atoms with Crippen LogP contribution < -0.4 is 5.32 Å². The van der Waals surface area contributed by atoms with E-state index < -0.39 is 6.43 Å². The maximum atomic E-state index is 12.0. The SMILES string of the molecule is FC(F)CN1CC(N2CCNCC2)C1. The molecule has 2 rings (SSSR count). The van der Waals surface area contributed by atoms with Gasteiger partial charge in [-0.1, -0.05) is 0 Å². The number of hydrogen-bond acceptors (Lipinski definition) is 3. The highest BCUT2D eigenvalue weighted by atomic mass is 19.3. The summed E-state index contributed by atoms with van der Waals surface area (Å²) in [6.45, 7) is 5.79. The molecule has 5 heteroatoms. The molecule has 0 atom stereocenters. The van der Waals surface area contributed by atoms with Crippen LogP contribution in [-0.2, 0) is 0 Å². The van der Waals surface area contributed by atoms with E-state index in [1.165, 1.54) is 0 Å². The Morgan fingerprint density at radius 1 is 1.21 bits per heavy atom. The molecule has 2 heterocycles. The summed E-state index contributed by atoms with van der Waals surface area (Å²) in [4.78, 5) is 4.23. The van der Waals surface area contributed by atoms with Crippen molar-refractivity contribution in [3.05, 3.63) is 0 Å². The van der Waals surface area contributed by atoms with Gasteiger partial charge in [-0.05, 0) is 0 Å². The second-order valence-corrected chi connectivity index (χ2v) is 4.05. The first-order valence-electron chi connectivity index (χ1n) is 5.21. The van der Waals surface area contributed by atoms with Crippen LogP contribution in [-0.4, -0.2) is 68.1 Å². The lowest BCUT2D eigenvalue weighted by Gasteiger charge is -2.46. The molecule has 2 aliphatic rings. The molecule has 0 spiro atoms. The van der Waals surface area contributed by atoms with E-state index >= 15 is 0 Å². The standard InChI is InChI=1S/C9H17F2N3/c10-9(11)7-13-5-8(6-13)14-3-1-12-2-4-14/h8-9,12H,1-7H2. The molecule has 2 fully saturated rings. The maximum Gasteiger partial charge on any atom is 0.251 e.